The lowest BCUT2D eigenvalue weighted by Gasteiger charge is -2.00. The van der Waals surface area contributed by atoms with Gasteiger partial charge in [0.15, 0.2) is 0 Å². The summed E-state index contributed by atoms with van der Waals surface area (Å²) < 4.78 is 0. The van der Waals surface area contributed by atoms with E-state index in [0.717, 1.165) is 13.0 Å². The van der Waals surface area contributed by atoms with Gasteiger partial charge in [0.05, 0.1) is 0 Å². The molecule has 0 aliphatic heterocycles. The van der Waals surface area contributed by atoms with E-state index in [0.29, 0.717) is 5.95 Å². The molecule has 0 atom stereocenters. The number of aromatic nitrogens is 3. The van der Waals surface area contributed by atoms with Crippen molar-refractivity contribution in [2.75, 3.05) is 17.6 Å². The molecule has 0 aliphatic carbocycles. The van der Waals surface area contributed by atoms with Crippen molar-refractivity contribution in [3.8, 4) is 0 Å². The molecule has 0 saturated carbocycles. The first-order valence-electron chi connectivity index (χ1n) is 3.62. The molecule has 0 fully saturated rings. The van der Waals surface area contributed by atoms with Crippen LogP contribution in [0.1, 0.15) is 6.42 Å². The topological polar surface area (TPSA) is 76.7 Å². The van der Waals surface area contributed by atoms with Crippen LogP contribution in [0.4, 0.5) is 11.9 Å². The van der Waals surface area contributed by atoms with Gasteiger partial charge >= 0.3 is 0 Å². The van der Waals surface area contributed by atoms with Crippen LogP contribution in [0, 0.1) is 0 Å². The molecule has 1 heterocycles. The molecule has 0 radical (unpaired) electrons. The van der Waals surface area contributed by atoms with Crippen molar-refractivity contribution in [1.82, 2.24) is 15.0 Å². The zero-order valence-electron chi connectivity index (χ0n) is 6.70. The molecule has 5 nitrogen and oxygen atoms in total. The molecule has 1 aromatic heterocycles. The van der Waals surface area contributed by atoms with Crippen molar-refractivity contribution in [3.63, 3.8) is 0 Å². The Bertz CT molecular complexity index is 260. The van der Waals surface area contributed by atoms with Crippen molar-refractivity contribution in [3.05, 3.63) is 19.0 Å². The lowest BCUT2D eigenvalue weighted by Crippen LogP contribution is -2.06. The van der Waals surface area contributed by atoms with E-state index >= 15 is 0 Å². The smallest absolute Gasteiger partial charge is 0.227 e. The standard InChI is InChI=1S/C7H11N5/c1-2-3-4-9-7-11-5-10-6(8)12-7/h2,5H,1,3-4H2,(H3,8,9,10,11,12). The van der Waals surface area contributed by atoms with Gasteiger partial charge in [-0.3, -0.25) is 0 Å². The van der Waals surface area contributed by atoms with Crippen molar-refractivity contribution in [1.29, 1.82) is 0 Å². The van der Waals surface area contributed by atoms with Gasteiger partial charge in [-0.1, -0.05) is 6.08 Å². The number of rotatable bonds is 4. The second kappa shape index (κ2) is 4.27. The molecule has 0 saturated heterocycles. The molecule has 1 rings (SSSR count). The minimum atomic E-state index is 0.228. The zero-order chi connectivity index (χ0) is 8.81. The third-order valence-corrected chi connectivity index (χ3v) is 1.22. The van der Waals surface area contributed by atoms with E-state index in [1.807, 2.05) is 6.08 Å². The highest BCUT2D eigenvalue weighted by Crippen LogP contribution is 1.97. The zero-order valence-corrected chi connectivity index (χ0v) is 6.70. The van der Waals surface area contributed by atoms with Crippen LogP contribution in [-0.2, 0) is 0 Å². The predicted octanol–water partition coefficient (Wildman–Crippen LogP) is 0.442. The van der Waals surface area contributed by atoms with Gasteiger partial charge < -0.3 is 11.1 Å². The molecular weight excluding hydrogens is 154 g/mol. The molecule has 5 heteroatoms. The molecule has 64 valence electrons. The first-order valence-corrected chi connectivity index (χ1v) is 3.62. The van der Waals surface area contributed by atoms with Crippen LogP contribution < -0.4 is 11.1 Å². The first-order chi connectivity index (χ1) is 5.83. The average molecular weight is 165 g/mol. The Hall–Kier alpha value is -1.65. The molecule has 0 aliphatic rings. The summed E-state index contributed by atoms with van der Waals surface area (Å²) in [6, 6.07) is 0. The molecule has 0 unspecified atom stereocenters. The summed E-state index contributed by atoms with van der Waals surface area (Å²) in [5, 5.41) is 2.97. The number of nitrogens with two attached hydrogens (primary N) is 1. The van der Waals surface area contributed by atoms with Crippen LogP contribution in [0.2, 0.25) is 0 Å². The SMILES string of the molecule is C=CCCNc1ncnc(N)n1. The van der Waals surface area contributed by atoms with Crippen LogP contribution >= 0.6 is 0 Å². The van der Waals surface area contributed by atoms with Gasteiger partial charge in [0.2, 0.25) is 11.9 Å². The summed E-state index contributed by atoms with van der Waals surface area (Å²) in [4.78, 5) is 11.4. The minimum absolute atomic E-state index is 0.228. The Morgan fingerprint density at radius 2 is 2.42 bits per heavy atom. The molecule has 0 spiro atoms. The Kier molecular flexibility index (Phi) is 3.01. The summed E-state index contributed by atoms with van der Waals surface area (Å²) >= 11 is 0. The molecule has 12 heavy (non-hydrogen) atoms. The van der Waals surface area contributed by atoms with Crippen molar-refractivity contribution in [2.24, 2.45) is 0 Å². The second-order valence-electron chi connectivity index (χ2n) is 2.17. The van der Waals surface area contributed by atoms with Crippen LogP contribution in [0.15, 0.2) is 19.0 Å². The van der Waals surface area contributed by atoms with Crippen LogP contribution in [0.5, 0.6) is 0 Å². The largest absolute Gasteiger partial charge is 0.368 e. The fraction of sp³-hybridized carbons (Fsp3) is 0.286. The number of hydrogen-bond acceptors (Lipinski definition) is 5. The van der Waals surface area contributed by atoms with E-state index in [4.69, 9.17) is 5.73 Å². The number of nitrogen functional groups attached to an aromatic ring is 1. The molecule has 0 amide bonds. The normalized spacial score (nSPS) is 9.33. The summed E-state index contributed by atoms with van der Waals surface area (Å²) in [7, 11) is 0. The third-order valence-electron chi connectivity index (χ3n) is 1.22. The molecule has 1 aromatic rings. The number of nitrogens with zero attached hydrogens (tertiary/aromatic N) is 3. The predicted molar refractivity (Wildman–Crippen MR) is 47.5 cm³/mol. The summed E-state index contributed by atoms with van der Waals surface area (Å²) in [5.74, 6) is 0.732. The Morgan fingerprint density at radius 3 is 3.08 bits per heavy atom. The van der Waals surface area contributed by atoms with Crippen LogP contribution in [-0.4, -0.2) is 21.5 Å². The number of hydrogen-bond donors (Lipinski definition) is 2. The van der Waals surface area contributed by atoms with E-state index in [9.17, 15) is 0 Å². The van der Waals surface area contributed by atoms with E-state index < -0.39 is 0 Å². The van der Waals surface area contributed by atoms with Gasteiger partial charge in [-0.2, -0.15) is 4.98 Å². The molecule has 0 bridgehead atoms. The van der Waals surface area contributed by atoms with Crippen molar-refractivity contribution < 1.29 is 0 Å². The highest BCUT2D eigenvalue weighted by atomic mass is 15.2. The molecular formula is C7H11N5. The van der Waals surface area contributed by atoms with Gasteiger partial charge in [0, 0.05) is 6.54 Å². The lowest BCUT2D eigenvalue weighted by molar-refractivity contribution is 0.991. The quantitative estimate of drug-likeness (QED) is 0.500. The van der Waals surface area contributed by atoms with Gasteiger partial charge in [-0.15, -0.1) is 6.58 Å². The van der Waals surface area contributed by atoms with E-state index in [-0.39, 0.29) is 5.95 Å². The minimum Gasteiger partial charge on any atom is -0.368 e. The van der Waals surface area contributed by atoms with Gasteiger partial charge in [-0.25, -0.2) is 9.97 Å². The number of anilines is 2. The highest BCUT2D eigenvalue weighted by Gasteiger charge is 1.93. The van der Waals surface area contributed by atoms with Crippen LogP contribution in [0.25, 0.3) is 0 Å². The van der Waals surface area contributed by atoms with Crippen LogP contribution in [0.3, 0.4) is 0 Å². The summed E-state index contributed by atoms with van der Waals surface area (Å²) in [6.07, 6.45) is 4.06. The Labute approximate surface area is 70.8 Å². The summed E-state index contributed by atoms with van der Waals surface area (Å²) in [6.45, 7) is 4.35. The fourth-order valence-electron chi connectivity index (χ4n) is 0.680. The van der Waals surface area contributed by atoms with E-state index in [2.05, 4.69) is 26.8 Å². The Morgan fingerprint density at radius 1 is 1.58 bits per heavy atom. The highest BCUT2D eigenvalue weighted by molar-refractivity contribution is 5.28. The summed E-state index contributed by atoms with van der Waals surface area (Å²) in [5.41, 5.74) is 5.34. The monoisotopic (exact) mass is 165 g/mol. The van der Waals surface area contributed by atoms with E-state index in [1.54, 1.807) is 0 Å². The van der Waals surface area contributed by atoms with Gasteiger partial charge in [0.1, 0.15) is 6.33 Å². The molecule has 0 aromatic carbocycles. The average Bonchev–Trinajstić information content (AvgIpc) is 2.05. The Balaban J connectivity index is 2.46. The fourth-order valence-corrected chi connectivity index (χ4v) is 0.680. The van der Waals surface area contributed by atoms with Crippen molar-refractivity contribution in [2.45, 2.75) is 6.42 Å². The maximum atomic E-state index is 5.34. The van der Waals surface area contributed by atoms with Crippen molar-refractivity contribution >= 4 is 11.9 Å². The lowest BCUT2D eigenvalue weighted by atomic mass is 10.4. The second-order valence-corrected chi connectivity index (χ2v) is 2.17. The van der Waals surface area contributed by atoms with Gasteiger partial charge in [0.25, 0.3) is 0 Å². The maximum absolute atomic E-state index is 5.34. The first kappa shape index (κ1) is 8.45. The third kappa shape index (κ3) is 2.53. The number of nitrogens with one attached hydrogen (secondary N) is 1. The maximum Gasteiger partial charge on any atom is 0.227 e. The molecule has 3 N–H and O–H groups in total. The van der Waals surface area contributed by atoms with E-state index in [1.165, 1.54) is 6.33 Å². The van der Waals surface area contributed by atoms with Gasteiger partial charge in [-0.05, 0) is 6.42 Å².